The molecule has 2 aliphatic carbocycles. The zero-order chi connectivity index (χ0) is 13.2. The first-order chi connectivity index (χ1) is 9.24. The van der Waals surface area contributed by atoms with E-state index in [4.69, 9.17) is 11.6 Å². The van der Waals surface area contributed by atoms with Crippen molar-refractivity contribution in [2.45, 2.75) is 51.0 Å². The molecule has 2 fully saturated rings. The SMILES string of the molecule is Clc1cccc(NC2CCC3CCCCC3C2)c1Br. The molecule has 0 heterocycles. The van der Waals surface area contributed by atoms with E-state index in [1.54, 1.807) is 0 Å². The Morgan fingerprint density at radius 1 is 1.05 bits per heavy atom. The maximum Gasteiger partial charge on any atom is 0.0593 e. The number of fused-ring (bicyclic) bond motifs is 1. The Morgan fingerprint density at radius 2 is 1.84 bits per heavy atom. The van der Waals surface area contributed by atoms with Gasteiger partial charge in [-0.3, -0.25) is 0 Å². The molecule has 1 aromatic rings. The normalized spacial score (nSPS) is 30.7. The summed E-state index contributed by atoms with van der Waals surface area (Å²) in [6.45, 7) is 0. The zero-order valence-electron chi connectivity index (χ0n) is 11.2. The van der Waals surface area contributed by atoms with Crippen LogP contribution in [0.3, 0.4) is 0 Å². The second-order valence-electron chi connectivity index (χ2n) is 6.06. The van der Waals surface area contributed by atoms with Gasteiger partial charge in [0.15, 0.2) is 0 Å². The molecule has 3 atom stereocenters. The van der Waals surface area contributed by atoms with E-state index in [9.17, 15) is 0 Å². The maximum atomic E-state index is 6.16. The summed E-state index contributed by atoms with van der Waals surface area (Å²) in [5.41, 5.74) is 1.15. The molecule has 1 aromatic carbocycles. The summed E-state index contributed by atoms with van der Waals surface area (Å²) in [6, 6.07) is 6.67. The van der Waals surface area contributed by atoms with Crippen LogP contribution < -0.4 is 5.32 Å². The number of halogens is 2. The lowest BCUT2D eigenvalue weighted by molar-refractivity contribution is 0.162. The minimum absolute atomic E-state index is 0.620. The fourth-order valence-electron chi connectivity index (χ4n) is 3.84. The number of anilines is 1. The first-order valence-corrected chi connectivity index (χ1v) is 8.61. The molecule has 0 aliphatic heterocycles. The fourth-order valence-corrected chi connectivity index (χ4v) is 4.39. The highest BCUT2D eigenvalue weighted by molar-refractivity contribution is 9.10. The van der Waals surface area contributed by atoms with Crippen molar-refractivity contribution in [1.29, 1.82) is 0 Å². The molecule has 1 N–H and O–H groups in total. The van der Waals surface area contributed by atoms with E-state index in [1.165, 1.54) is 44.9 Å². The van der Waals surface area contributed by atoms with Gasteiger partial charge in [-0.1, -0.05) is 43.4 Å². The number of benzene rings is 1. The predicted molar refractivity (Wildman–Crippen MR) is 85.9 cm³/mol. The van der Waals surface area contributed by atoms with Gasteiger partial charge < -0.3 is 5.32 Å². The van der Waals surface area contributed by atoms with E-state index < -0.39 is 0 Å². The Morgan fingerprint density at radius 3 is 2.68 bits per heavy atom. The second-order valence-corrected chi connectivity index (χ2v) is 7.26. The number of rotatable bonds is 2. The summed E-state index contributed by atoms with van der Waals surface area (Å²) in [6.07, 6.45) is 9.86. The summed E-state index contributed by atoms with van der Waals surface area (Å²) in [7, 11) is 0. The molecule has 0 radical (unpaired) electrons. The smallest absolute Gasteiger partial charge is 0.0593 e. The van der Waals surface area contributed by atoms with Gasteiger partial charge in [0.05, 0.1) is 15.2 Å². The highest BCUT2D eigenvalue weighted by Gasteiger charge is 2.32. The molecule has 3 rings (SSSR count). The monoisotopic (exact) mass is 341 g/mol. The van der Waals surface area contributed by atoms with Crippen molar-refractivity contribution in [2.24, 2.45) is 11.8 Å². The summed E-state index contributed by atoms with van der Waals surface area (Å²) >= 11 is 9.74. The highest BCUT2D eigenvalue weighted by atomic mass is 79.9. The molecule has 3 heteroatoms. The molecule has 0 saturated heterocycles. The molecular weight excluding hydrogens is 322 g/mol. The molecular formula is C16H21BrClN. The van der Waals surface area contributed by atoms with Gasteiger partial charge in [0.1, 0.15) is 0 Å². The quantitative estimate of drug-likeness (QED) is 0.708. The van der Waals surface area contributed by atoms with Crippen LogP contribution in [0.1, 0.15) is 44.9 Å². The van der Waals surface area contributed by atoms with Gasteiger partial charge in [-0.15, -0.1) is 0 Å². The van der Waals surface area contributed by atoms with Crippen molar-refractivity contribution in [2.75, 3.05) is 5.32 Å². The van der Waals surface area contributed by atoms with E-state index in [0.717, 1.165) is 27.0 Å². The van der Waals surface area contributed by atoms with E-state index in [2.05, 4.69) is 27.3 Å². The molecule has 3 unspecified atom stereocenters. The average Bonchev–Trinajstić information content (AvgIpc) is 2.44. The van der Waals surface area contributed by atoms with Gasteiger partial charge in [0.2, 0.25) is 0 Å². The molecule has 0 amide bonds. The second kappa shape index (κ2) is 6.05. The Bertz CT molecular complexity index is 448. The average molecular weight is 343 g/mol. The van der Waals surface area contributed by atoms with Crippen LogP contribution in [0.4, 0.5) is 5.69 Å². The minimum Gasteiger partial charge on any atom is -0.381 e. The van der Waals surface area contributed by atoms with Crippen molar-refractivity contribution >= 4 is 33.2 Å². The van der Waals surface area contributed by atoms with Gasteiger partial charge in [0, 0.05) is 6.04 Å². The minimum atomic E-state index is 0.620. The van der Waals surface area contributed by atoms with Crippen molar-refractivity contribution in [3.63, 3.8) is 0 Å². The van der Waals surface area contributed by atoms with Gasteiger partial charge in [0.25, 0.3) is 0 Å². The highest BCUT2D eigenvalue weighted by Crippen LogP contribution is 2.41. The van der Waals surface area contributed by atoms with E-state index in [1.807, 2.05) is 12.1 Å². The van der Waals surface area contributed by atoms with E-state index in [0.29, 0.717) is 6.04 Å². The van der Waals surface area contributed by atoms with Crippen LogP contribution in [0, 0.1) is 11.8 Å². The Hall–Kier alpha value is -0.210. The molecule has 19 heavy (non-hydrogen) atoms. The van der Waals surface area contributed by atoms with Crippen LogP contribution in [0.2, 0.25) is 5.02 Å². The molecule has 1 nitrogen and oxygen atoms in total. The van der Waals surface area contributed by atoms with Crippen molar-refractivity contribution in [1.82, 2.24) is 0 Å². The lowest BCUT2D eigenvalue weighted by atomic mass is 9.69. The molecule has 0 bridgehead atoms. The number of hydrogen-bond acceptors (Lipinski definition) is 1. The molecule has 104 valence electrons. The fraction of sp³-hybridized carbons (Fsp3) is 0.625. The molecule has 0 aromatic heterocycles. The van der Waals surface area contributed by atoms with E-state index in [-0.39, 0.29) is 0 Å². The standard InChI is InChI=1S/C16H21BrClN/c17-16-14(18)6-3-7-15(16)19-13-9-8-11-4-1-2-5-12(11)10-13/h3,6-7,11-13,19H,1-2,4-5,8-10H2. The van der Waals surface area contributed by atoms with Gasteiger partial charge in [-0.2, -0.15) is 0 Å². The van der Waals surface area contributed by atoms with Crippen LogP contribution in [-0.2, 0) is 0 Å². The van der Waals surface area contributed by atoms with Crippen LogP contribution in [0.5, 0.6) is 0 Å². The first kappa shape index (κ1) is 13.8. The van der Waals surface area contributed by atoms with Gasteiger partial charge >= 0.3 is 0 Å². The van der Waals surface area contributed by atoms with Crippen molar-refractivity contribution in [3.8, 4) is 0 Å². The summed E-state index contributed by atoms with van der Waals surface area (Å²) in [5, 5.41) is 4.48. The van der Waals surface area contributed by atoms with Crippen LogP contribution in [0.25, 0.3) is 0 Å². The van der Waals surface area contributed by atoms with Crippen LogP contribution in [0.15, 0.2) is 22.7 Å². The topological polar surface area (TPSA) is 12.0 Å². The number of nitrogens with one attached hydrogen (secondary N) is 1. The van der Waals surface area contributed by atoms with Crippen molar-refractivity contribution in [3.05, 3.63) is 27.7 Å². The maximum absolute atomic E-state index is 6.16. The first-order valence-electron chi connectivity index (χ1n) is 7.44. The van der Waals surface area contributed by atoms with Gasteiger partial charge in [-0.25, -0.2) is 0 Å². The molecule has 0 spiro atoms. The third-order valence-electron chi connectivity index (χ3n) is 4.85. The lowest BCUT2D eigenvalue weighted by Crippen LogP contribution is -2.34. The predicted octanol–water partition coefficient (Wildman–Crippen LogP) is 5.87. The molecule has 2 aliphatic rings. The van der Waals surface area contributed by atoms with Crippen LogP contribution >= 0.6 is 27.5 Å². The summed E-state index contributed by atoms with van der Waals surface area (Å²) < 4.78 is 1.00. The summed E-state index contributed by atoms with van der Waals surface area (Å²) in [4.78, 5) is 0. The Labute approximate surface area is 129 Å². The van der Waals surface area contributed by atoms with E-state index >= 15 is 0 Å². The zero-order valence-corrected chi connectivity index (χ0v) is 13.5. The molecule has 2 saturated carbocycles. The Balaban J connectivity index is 1.66. The summed E-state index contributed by atoms with van der Waals surface area (Å²) in [5.74, 6) is 1.97. The largest absolute Gasteiger partial charge is 0.381 e. The third kappa shape index (κ3) is 3.11. The van der Waals surface area contributed by atoms with Crippen LogP contribution in [-0.4, -0.2) is 6.04 Å². The van der Waals surface area contributed by atoms with Gasteiger partial charge in [-0.05, 0) is 59.2 Å². The third-order valence-corrected chi connectivity index (χ3v) is 6.25. The van der Waals surface area contributed by atoms with Crippen molar-refractivity contribution < 1.29 is 0 Å². The lowest BCUT2D eigenvalue weighted by Gasteiger charge is -2.40. The Kier molecular flexibility index (Phi) is 4.38. The number of hydrogen-bond donors (Lipinski definition) is 1.